The predicted molar refractivity (Wildman–Crippen MR) is 376 cm³/mol. The highest BCUT2D eigenvalue weighted by Gasteiger charge is 2.40. The van der Waals surface area contributed by atoms with E-state index in [1.165, 1.54) is 0 Å². The standard InChI is InChI=1S/C74H115N5O24/c1-74(2,3)77-73(85)65-58-78(56-60-14-11-21-75-55-60)22-23-79(65)57-63(102-69(82)19-17-67(80)100-50-48-98-46-44-96-42-40-94-38-36-92-34-32-90-30-28-88-26-24-86-4)53-62(52-59-12-7-6-8-13-59)72(84)76-71-64-16-10-9-15-61(64)54-66(71)103-70(83)20-18-68(81)101-51-49-99-47-45-97-43-41-95-39-37-93-35-33-91-31-29-89-27-25-87-5/h6-16,21,55,62-63,65-66,71H,17-20,22-54,56-58H2,1-5H3,(H,76,84)(H,77,85)/t62-,63+,65+,66-,71+/m1/s1. The van der Waals surface area contributed by atoms with Gasteiger partial charge in [0.05, 0.1) is 204 Å². The molecule has 1 aliphatic carbocycles. The van der Waals surface area contributed by atoms with E-state index in [4.69, 9.17) is 85.3 Å². The number of fused-ring (bicyclic) bond motifs is 1. The minimum atomic E-state index is -0.966. The van der Waals surface area contributed by atoms with Crippen molar-refractivity contribution in [2.24, 2.45) is 5.92 Å². The monoisotopic (exact) mass is 1460 g/mol. The fourth-order valence-corrected chi connectivity index (χ4v) is 10.9. The van der Waals surface area contributed by atoms with Crippen molar-refractivity contribution in [3.63, 3.8) is 0 Å². The first-order valence-electron chi connectivity index (χ1n) is 35.9. The Morgan fingerprint density at radius 2 is 0.942 bits per heavy atom. The van der Waals surface area contributed by atoms with Crippen LogP contribution >= 0.6 is 0 Å². The van der Waals surface area contributed by atoms with E-state index >= 15 is 4.79 Å². The van der Waals surface area contributed by atoms with Gasteiger partial charge in [-0.1, -0.05) is 60.7 Å². The molecule has 1 aromatic heterocycles. The molecule has 2 aromatic carbocycles. The second-order valence-electron chi connectivity index (χ2n) is 25.3. The first-order valence-corrected chi connectivity index (χ1v) is 35.9. The van der Waals surface area contributed by atoms with E-state index in [-0.39, 0.29) is 90.6 Å². The Morgan fingerprint density at radius 1 is 0.505 bits per heavy atom. The van der Waals surface area contributed by atoms with E-state index in [0.717, 1.165) is 22.3 Å². The number of hydrogen-bond donors (Lipinski definition) is 2. The maximum absolute atomic E-state index is 15.2. The molecule has 3 aromatic rings. The molecule has 29 nitrogen and oxygen atoms in total. The summed E-state index contributed by atoms with van der Waals surface area (Å²) in [5.74, 6) is -4.02. The maximum Gasteiger partial charge on any atom is 0.306 e. The van der Waals surface area contributed by atoms with Crippen LogP contribution in [0.2, 0.25) is 0 Å². The minimum Gasteiger partial charge on any atom is -0.463 e. The molecule has 2 N–H and O–H groups in total. The highest BCUT2D eigenvalue weighted by atomic mass is 16.6. The number of carbonyl (C=O) groups is 6. The number of aromatic nitrogens is 1. The highest BCUT2D eigenvalue weighted by molar-refractivity contribution is 5.83. The van der Waals surface area contributed by atoms with Crippen LogP contribution in [0.3, 0.4) is 0 Å². The molecule has 0 radical (unpaired) electrons. The van der Waals surface area contributed by atoms with E-state index in [9.17, 15) is 24.0 Å². The van der Waals surface area contributed by atoms with Crippen LogP contribution in [0.4, 0.5) is 0 Å². The third-order valence-corrected chi connectivity index (χ3v) is 15.9. The van der Waals surface area contributed by atoms with Crippen molar-refractivity contribution in [2.75, 3.05) is 225 Å². The zero-order chi connectivity index (χ0) is 73.6. The quantitative estimate of drug-likeness (QED) is 0.0456. The van der Waals surface area contributed by atoms with Crippen molar-refractivity contribution in [3.05, 3.63) is 101 Å². The number of rotatable bonds is 61. The Balaban J connectivity index is 1.11. The molecule has 103 heavy (non-hydrogen) atoms. The van der Waals surface area contributed by atoms with Gasteiger partial charge in [0.2, 0.25) is 11.8 Å². The zero-order valence-electron chi connectivity index (χ0n) is 61.3. The van der Waals surface area contributed by atoms with Crippen molar-refractivity contribution >= 4 is 35.7 Å². The Labute approximate surface area is 607 Å². The molecular weight excluding hydrogens is 1340 g/mol. The highest BCUT2D eigenvalue weighted by Crippen LogP contribution is 2.35. The first-order chi connectivity index (χ1) is 50.2. The fraction of sp³-hybridized carbons (Fsp3) is 0.689. The van der Waals surface area contributed by atoms with Crippen molar-refractivity contribution in [2.45, 2.75) is 102 Å². The van der Waals surface area contributed by atoms with Crippen molar-refractivity contribution in [3.8, 4) is 0 Å². The third-order valence-electron chi connectivity index (χ3n) is 15.9. The van der Waals surface area contributed by atoms with E-state index in [0.29, 0.717) is 178 Å². The van der Waals surface area contributed by atoms with Crippen LogP contribution < -0.4 is 10.6 Å². The van der Waals surface area contributed by atoms with Gasteiger partial charge in [-0.3, -0.25) is 43.6 Å². The topological polar surface area (TPSA) is 312 Å². The average molecular weight is 1460 g/mol. The molecule has 5 atom stereocenters. The fourth-order valence-electron chi connectivity index (χ4n) is 10.9. The van der Waals surface area contributed by atoms with Crippen LogP contribution in [-0.4, -0.2) is 300 Å². The average Bonchev–Trinajstić information content (AvgIpc) is 1.69. The number of carbonyl (C=O) groups excluding carboxylic acids is 6. The summed E-state index contributed by atoms with van der Waals surface area (Å²) in [6.07, 6.45) is 1.13. The number of hydrogen-bond acceptors (Lipinski definition) is 27. The van der Waals surface area contributed by atoms with Crippen LogP contribution in [0.25, 0.3) is 0 Å². The molecule has 1 saturated heterocycles. The van der Waals surface area contributed by atoms with Crippen molar-refractivity contribution < 1.29 is 114 Å². The lowest BCUT2D eigenvalue weighted by atomic mass is 9.91. The summed E-state index contributed by atoms with van der Waals surface area (Å²) in [6.45, 7) is 18.2. The molecule has 2 heterocycles. The van der Waals surface area contributed by atoms with Crippen LogP contribution in [0.15, 0.2) is 79.1 Å². The number of piperazine rings is 1. The van der Waals surface area contributed by atoms with Crippen molar-refractivity contribution in [1.29, 1.82) is 0 Å². The predicted octanol–water partition coefficient (Wildman–Crippen LogP) is 4.11. The van der Waals surface area contributed by atoms with Crippen LogP contribution in [0.5, 0.6) is 0 Å². The van der Waals surface area contributed by atoms with E-state index in [1.54, 1.807) is 26.6 Å². The Kier molecular flexibility index (Phi) is 46.9. The maximum atomic E-state index is 15.2. The molecule has 2 amide bonds. The van der Waals surface area contributed by atoms with Gasteiger partial charge in [-0.05, 0) is 61.9 Å². The summed E-state index contributed by atoms with van der Waals surface area (Å²) in [5, 5.41) is 6.38. The van der Waals surface area contributed by atoms with Gasteiger partial charge in [0.1, 0.15) is 31.5 Å². The Hall–Kier alpha value is -6.23. The molecule has 0 unspecified atom stereocenters. The van der Waals surface area contributed by atoms with Gasteiger partial charge in [-0.15, -0.1) is 0 Å². The number of ether oxygens (including phenoxy) is 18. The second kappa shape index (κ2) is 55.3. The number of methoxy groups -OCH3 is 2. The summed E-state index contributed by atoms with van der Waals surface area (Å²) >= 11 is 0. The summed E-state index contributed by atoms with van der Waals surface area (Å²) < 4.78 is 98.9. The van der Waals surface area contributed by atoms with Crippen molar-refractivity contribution in [1.82, 2.24) is 25.4 Å². The molecule has 0 bridgehead atoms. The number of amides is 2. The normalized spacial score (nSPS) is 16.0. The zero-order valence-corrected chi connectivity index (χ0v) is 61.3. The van der Waals surface area contributed by atoms with Crippen LogP contribution in [-0.2, 0) is 133 Å². The molecular formula is C74H115N5O24. The van der Waals surface area contributed by atoms with E-state index in [1.807, 2.05) is 92.4 Å². The number of pyridine rings is 1. The van der Waals surface area contributed by atoms with E-state index in [2.05, 4.69) is 20.5 Å². The first kappa shape index (κ1) is 87.4. The largest absolute Gasteiger partial charge is 0.463 e. The third kappa shape index (κ3) is 41.3. The number of benzene rings is 2. The van der Waals surface area contributed by atoms with E-state index < -0.39 is 65.5 Å². The van der Waals surface area contributed by atoms with Gasteiger partial charge in [0, 0.05) is 77.2 Å². The summed E-state index contributed by atoms with van der Waals surface area (Å²) in [6, 6.07) is 19.3. The van der Waals surface area contributed by atoms with Gasteiger partial charge in [0.25, 0.3) is 0 Å². The smallest absolute Gasteiger partial charge is 0.306 e. The molecule has 5 rings (SSSR count). The molecule has 0 spiro atoms. The van der Waals surface area contributed by atoms with Gasteiger partial charge in [0.15, 0.2) is 0 Å². The Morgan fingerprint density at radius 3 is 1.41 bits per heavy atom. The summed E-state index contributed by atoms with van der Waals surface area (Å²) in [5.41, 5.74) is 2.89. The molecule has 29 heteroatoms. The van der Waals surface area contributed by atoms with Gasteiger partial charge < -0.3 is 95.9 Å². The molecule has 580 valence electrons. The van der Waals surface area contributed by atoms with Crippen LogP contribution in [0.1, 0.15) is 81.2 Å². The lowest BCUT2D eigenvalue weighted by Gasteiger charge is -2.42. The molecule has 1 fully saturated rings. The van der Waals surface area contributed by atoms with Gasteiger partial charge in [-0.25, -0.2) is 0 Å². The number of nitrogens with zero attached hydrogens (tertiary/aromatic N) is 3. The van der Waals surface area contributed by atoms with Gasteiger partial charge in [-0.2, -0.15) is 0 Å². The lowest BCUT2D eigenvalue weighted by molar-refractivity contribution is -0.157. The molecule has 0 saturated carbocycles. The number of nitrogens with one attached hydrogen (secondary N) is 2. The lowest BCUT2D eigenvalue weighted by Crippen LogP contribution is -2.62. The minimum absolute atomic E-state index is 0.00605. The molecule has 1 aliphatic heterocycles. The Bertz CT molecular complexity index is 2740. The summed E-state index contributed by atoms with van der Waals surface area (Å²) in [4.78, 5) is 91.5. The van der Waals surface area contributed by atoms with Gasteiger partial charge >= 0.3 is 23.9 Å². The summed E-state index contributed by atoms with van der Waals surface area (Å²) in [7, 11) is 3.25. The number of esters is 4. The SMILES string of the molecule is COCCOCCOCCOCCOCCOCCOCCOC(=O)CCC(=O)O[C@@H](C[C@@H](Cc1ccccc1)C(=O)N[C@H]1c2ccccc2C[C@H]1OC(=O)CCC(=O)OCCOCCOCCOCCOCCOCCOCCOC)CN1CCN(Cc2cccnc2)C[C@H]1C(=O)NC(C)(C)C. The molecule has 2 aliphatic rings. The second-order valence-corrected chi connectivity index (χ2v) is 25.3. The van der Waals surface area contributed by atoms with Crippen LogP contribution in [0, 0.1) is 5.92 Å².